The number of carbonyl (C=O) groups excluding carboxylic acids is 2. The molecule has 0 aliphatic carbocycles. The highest BCUT2D eigenvalue weighted by Crippen LogP contribution is 2.23. The Balaban J connectivity index is 1.58. The molecule has 0 bridgehead atoms. The van der Waals surface area contributed by atoms with Crippen molar-refractivity contribution in [3.63, 3.8) is 0 Å². The van der Waals surface area contributed by atoms with Gasteiger partial charge in [-0.15, -0.1) is 0 Å². The van der Waals surface area contributed by atoms with Gasteiger partial charge in [0.2, 0.25) is 11.8 Å². The van der Waals surface area contributed by atoms with Crippen molar-refractivity contribution in [1.82, 2.24) is 24.8 Å². The maximum Gasteiger partial charge on any atom is 0.225 e. The third-order valence-corrected chi connectivity index (χ3v) is 4.96. The van der Waals surface area contributed by atoms with Gasteiger partial charge in [0.1, 0.15) is 12.1 Å². The van der Waals surface area contributed by atoms with Crippen molar-refractivity contribution in [2.45, 2.75) is 45.7 Å². The molecule has 2 aromatic rings. The average molecular weight is 355 g/mol. The van der Waals surface area contributed by atoms with E-state index in [1.165, 1.54) is 0 Å². The minimum atomic E-state index is -0.266. The summed E-state index contributed by atoms with van der Waals surface area (Å²) in [7, 11) is 0. The molecule has 2 aromatic heterocycles. The fourth-order valence-electron chi connectivity index (χ4n) is 3.43. The van der Waals surface area contributed by atoms with Crippen molar-refractivity contribution >= 4 is 11.8 Å². The predicted octanol–water partition coefficient (Wildman–Crippen LogP) is 1.92. The maximum atomic E-state index is 12.5. The lowest BCUT2D eigenvalue weighted by molar-refractivity contribution is -0.130. The third-order valence-electron chi connectivity index (χ3n) is 4.96. The number of nitrogens with zero attached hydrogens (tertiary/aromatic N) is 4. The van der Waals surface area contributed by atoms with E-state index >= 15 is 0 Å². The van der Waals surface area contributed by atoms with E-state index in [0.717, 1.165) is 24.2 Å². The molecule has 1 saturated heterocycles. The van der Waals surface area contributed by atoms with E-state index in [1.54, 1.807) is 18.7 Å². The van der Waals surface area contributed by atoms with Crippen molar-refractivity contribution in [3.05, 3.63) is 42.6 Å². The number of likely N-dealkylation sites (tertiary alicyclic amines) is 1. The first-order valence-electron chi connectivity index (χ1n) is 9.12. The fraction of sp³-hybridized carbons (Fsp3) is 0.474. The molecular formula is C19H25N5O2. The van der Waals surface area contributed by atoms with Crippen molar-refractivity contribution in [1.29, 1.82) is 0 Å². The summed E-state index contributed by atoms with van der Waals surface area (Å²) in [6.45, 7) is 5.10. The highest BCUT2D eigenvalue weighted by Gasteiger charge is 2.36. The summed E-state index contributed by atoms with van der Waals surface area (Å²) >= 11 is 0. The predicted molar refractivity (Wildman–Crippen MR) is 97.4 cm³/mol. The molecule has 0 spiro atoms. The first-order valence-corrected chi connectivity index (χ1v) is 9.12. The number of aromatic nitrogens is 3. The summed E-state index contributed by atoms with van der Waals surface area (Å²) in [5.41, 5.74) is 0.957. The van der Waals surface area contributed by atoms with E-state index < -0.39 is 0 Å². The summed E-state index contributed by atoms with van der Waals surface area (Å²) in [5.74, 6) is 0.515. The summed E-state index contributed by atoms with van der Waals surface area (Å²) in [6, 6.07) is 4.02. The Labute approximate surface area is 153 Å². The van der Waals surface area contributed by atoms with Gasteiger partial charge in [0, 0.05) is 44.1 Å². The van der Waals surface area contributed by atoms with Gasteiger partial charge in [-0.3, -0.25) is 14.2 Å². The van der Waals surface area contributed by atoms with Gasteiger partial charge < -0.3 is 10.2 Å². The number of amides is 2. The van der Waals surface area contributed by atoms with E-state index in [9.17, 15) is 9.59 Å². The zero-order valence-electron chi connectivity index (χ0n) is 15.3. The Hall–Kier alpha value is -2.70. The summed E-state index contributed by atoms with van der Waals surface area (Å²) < 4.78 is 1.81. The standard InChI is InChI=1S/C19H25N5O2/c1-3-16(4-2)24-12-15(10-18(24)25)19(26)22-11-14-5-6-21-17(9-14)23-8-7-20-13-23/h5-9,13,15-16H,3-4,10-12H2,1-2H3,(H,22,26). The molecule has 1 fully saturated rings. The second kappa shape index (κ2) is 8.12. The van der Waals surface area contributed by atoms with Gasteiger partial charge in [0.15, 0.2) is 0 Å². The van der Waals surface area contributed by atoms with E-state index in [2.05, 4.69) is 29.1 Å². The lowest BCUT2D eigenvalue weighted by Crippen LogP contribution is -2.37. The topological polar surface area (TPSA) is 80.1 Å². The lowest BCUT2D eigenvalue weighted by atomic mass is 10.1. The van der Waals surface area contributed by atoms with E-state index in [0.29, 0.717) is 19.5 Å². The second-order valence-corrected chi connectivity index (χ2v) is 6.63. The third kappa shape index (κ3) is 3.92. The molecule has 3 rings (SSSR count). The minimum Gasteiger partial charge on any atom is -0.352 e. The Morgan fingerprint density at radius 1 is 1.35 bits per heavy atom. The van der Waals surface area contributed by atoms with Gasteiger partial charge in [-0.1, -0.05) is 13.8 Å². The monoisotopic (exact) mass is 355 g/mol. The number of imidazole rings is 1. The van der Waals surface area contributed by atoms with Crippen LogP contribution in [0, 0.1) is 5.92 Å². The van der Waals surface area contributed by atoms with Crippen molar-refractivity contribution < 1.29 is 9.59 Å². The smallest absolute Gasteiger partial charge is 0.225 e. The first-order chi connectivity index (χ1) is 12.6. The molecule has 1 atom stereocenters. The molecule has 0 aromatic carbocycles. The molecule has 1 unspecified atom stereocenters. The van der Waals surface area contributed by atoms with Gasteiger partial charge in [-0.25, -0.2) is 9.97 Å². The molecule has 2 amide bonds. The molecule has 0 saturated carbocycles. The number of rotatable bonds is 7. The van der Waals surface area contributed by atoms with Crippen molar-refractivity contribution in [2.24, 2.45) is 5.92 Å². The summed E-state index contributed by atoms with van der Waals surface area (Å²) in [4.78, 5) is 34.9. The number of hydrogen-bond donors (Lipinski definition) is 1. The van der Waals surface area contributed by atoms with Crippen LogP contribution in [0.3, 0.4) is 0 Å². The van der Waals surface area contributed by atoms with Gasteiger partial charge in [-0.2, -0.15) is 0 Å². The Bertz CT molecular complexity index is 755. The normalized spacial score (nSPS) is 17.1. The van der Waals surface area contributed by atoms with Crippen LogP contribution in [-0.2, 0) is 16.1 Å². The minimum absolute atomic E-state index is 0.0622. The quantitative estimate of drug-likeness (QED) is 0.823. The van der Waals surface area contributed by atoms with Crippen LogP contribution in [0.25, 0.3) is 5.82 Å². The van der Waals surface area contributed by atoms with Crippen molar-refractivity contribution in [2.75, 3.05) is 6.54 Å². The fourth-order valence-corrected chi connectivity index (χ4v) is 3.43. The SMILES string of the molecule is CCC(CC)N1CC(C(=O)NCc2ccnc(-n3ccnc3)c2)CC1=O. The van der Waals surface area contributed by atoms with Gasteiger partial charge in [-0.05, 0) is 30.5 Å². The van der Waals surface area contributed by atoms with Crippen LogP contribution in [-0.4, -0.2) is 43.8 Å². The van der Waals surface area contributed by atoms with Crippen LogP contribution in [0.1, 0.15) is 38.7 Å². The zero-order chi connectivity index (χ0) is 18.5. The Kier molecular flexibility index (Phi) is 5.65. The molecule has 138 valence electrons. The summed E-state index contributed by atoms with van der Waals surface area (Å²) in [6.07, 6.45) is 9.06. The second-order valence-electron chi connectivity index (χ2n) is 6.63. The molecular weight excluding hydrogens is 330 g/mol. The maximum absolute atomic E-state index is 12.5. The van der Waals surface area contributed by atoms with Gasteiger partial charge >= 0.3 is 0 Å². The van der Waals surface area contributed by atoms with E-state index in [-0.39, 0.29) is 23.8 Å². The van der Waals surface area contributed by atoms with E-state index in [1.807, 2.05) is 27.8 Å². The number of nitrogens with one attached hydrogen (secondary N) is 1. The van der Waals surface area contributed by atoms with Gasteiger partial charge in [0.05, 0.1) is 5.92 Å². The van der Waals surface area contributed by atoms with E-state index in [4.69, 9.17) is 0 Å². The highest BCUT2D eigenvalue weighted by atomic mass is 16.2. The molecule has 1 aliphatic rings. The van der Waals surface area contributed by atoms with Crippen LogP contribution in [0.15, 0.2) is 37.1 Å². The van der Waals surface area contributed by atoms with Crippen LogP contribution in [0.2, 0.25) is 0 Å². The largest absolute Gasteiger partial charge is 0.352 e. The zero-order valence-corrected chi connectivity index (χ0v) is 15.3. The molecule has 1 aliphatic heterocycles. The molecule has 0 radical (unpaired) electrons. The lowest BCUT2D eigenvalue weighted by Gasteiger charge is -2.26. The molecule has 1 N–H and O–H groups in total. The molecule has 7 nitrogen and oxygen atoms in total. The number of pyridine rings is 1. The van der Waals surface area contributed by atoms with Crippen LogP contribution < -0.4 is 5.32 Å². The molecule has 26 heavy (non-hydrogen) atoms. The van der Waals surface area contributed by atoms with Crippen molar-refractivity contribution in [3.8, 4) is 5.82 Å². The Morgan fingerprint density at radius 2 is 2.15 bits per heavy atom. The van der Waals surface area contributed by atoms with Crippen LogP contribution >= 0.6 is 0 Å². The Morgan fingerprint density at radius 3 is 2.85 bits per heavy atom. The van der Waals surface area contributed by atoms with Gasteiger partial charge in [0.25, 0.3) is 0 Å². The highest BCUT2D eigenvalue weighted by molar-refractivity contribution is 5.89. The number of hydrogen-bond acceptors (Lipinski definition) is 4. The van der Waals surface area contributed by atoms with Crippen LogP contribution in [0.5, 0.6) is 0 Å². The number of carbonyl (C=O) groups is 2. The summed E-state index contributed by atoms with van der Waals surface area (Å²) in [5, 5.41) is 2.96. The molecule has 3 heterocycles. The average Bonchev–Trinajstić information content (AvgIpc) is 3.32. The van der Waals surface area contributed by atoms with Crippen LogP contribution in [0.4, 0.5) is 0 Å². The molecule has 7 heteroatoms. The first kappa shape index (κ1) is 18.1.